The first-order chi connectivity index (χ1) is 13.1. The summed E-state index contributed by atoms with van der Waals surface area (Å²) in [5.74, 6) is -0.147. The second kappa shape index (κ2) is 8.37. The lowest BCUT2D eigenvalue weighted by molar-refractivity contribution is -0.120. The Balaban J connectivity index is 2.01. The van der Waals surface area contributed by atoms with Gasteiger partial charge in [0.25, 0.3) is 11.8 Å². The van der Waals surface area contributed by atoms with Gasteiger partial charge in [-0.05, 0) is 30.0 Å². The monoisotopic (exact) mass is 386 g/mol. The summed E-state index contributed by atoms with van der Waals surface area (Å²) >= 11 is 1.41. The number of hydrogen-bond donors (Lipinski definition) is 1. The molecule has 142 valence electrons. The van der Waals surface area contributed by atoms with Gasteiger partial charge in [0, 0.05) is 24.5 Å². The van der Waals surface area contributed by atoms with E-state index in [0.717, 1.165) is 11.3 Å². The van der Waals surface area contributed by atoms with E-state index in [2.05, 4.69) is 0 Å². The van der Waals surface area contributed by atoms with Crippen molar-refractivity contribution < 1.29 is 19.4 Å². The molecule has 0 unspecified atom stereocenters. The Morgan fingerprint density at radius 1 is 1.19 bits per heavy atom. The Bertz CT molecular complexity index is 861. The van der Waals surface area contributed by atoms with E-state index in [-0.39, 0.29) is 19.1 Å². The number of imide groups is 1. The number of ether oxygens (including phenoxy) is 1. The van der Waals surface area contributed by atoms with Crippen LogP contribution in [0.15, 0.2) is 47.5 Å². The normalized spacial score (nSPS) is 14.3. The van der Waals surface area contributed by atoms with Crippen LogP contribution in [-0.4, -0.2) is 48.6 Å². The topological polar surface area (TPSA) is 70.1 Å². The second-order valence-electron chi connectivity index (χ2n) is 6.14. The molecule has 1 aliphatic rings. The molecule has 3 rings (SSSR count). The smallest absolute Gasteiger partial charge is 0.282 e. The number of carbonyl (C=O) groups excluding carboxylic acids is 2. The third-order valence-electron chi connectivity index (χ3n) is 4.19. The Hall–Kier alpha value is -2.64. The van der Waals surface area contributed by atoms with Gasteiger partial charge in [-0.25, -0.2) is 4.90 Å². The van der Waals surface area contributed by atoms with Crippen molar-refractivity contribution in [3.05, 3.63) is 52.4 Å². The molecule has 6 nitrogen and oxygen atoms in total. The minimum absolute atomic E-state index is 0.112. The molecule has 1 aliphatic heterocycles. The van der Waals surface area contributed by atoms with Crippen molar-refractivity contribution in [1.82, 2.24) is 4.90 Å². The zero-order chi connectivity index (χ0) is 19.4. The van der Waals surface area contributed by atoms with Crippen molar-refractivity contribution in [2.45, 2.75) is 13.3 Å². The van der Waals surface area contributed by atoms with E-state index in [1.807, 2.05) is 24.4 Å². The van der Waals surface area contributed by atoms with E-state index in [1.165, 1.54) is 16.2 Å². The van der Waals surface area contributed by atoms with Crippen LogP contribution >= 0.6 is 11.3 Å². The van der Waals surface area contributed by atoms with Gasteiger partial charge in [-0.2, -0.15) is 0 Å². The highest BCUT2D eigenvalue weighted by Gasteiger charge is 2.42. The molecule has 27 heavy (non-hydrogen) atoms. The fourth-order valence-electron chi connectivity index (χ4n) is 2.94. The van der Waals surface area contributed by atoms with Gasteiger partial charge in [-0.3, -0.25) is 9.59 Å². The van der Waals surface area contributed by atoms with E-state index in [1.54, 1.807) is 36.2 Å². The summed E-state index contributed by atoms with van der Waals surface area (Å²) in [5, 5.41) is 11.1. The number of amides is 2. The van der Waals surface area contributed by atoms with Crippen molar-refractivity contribution in [2.24, 2.45) is 0 Å². The van der Waals surface area contributed by atoms with Crippen LogP contribution < -0.4 is 9.64 Å². The van der Waals surface area contributed by atoms with Crippen molar-refractivity contribution in [3.63, 3.8) is 0 Å². The molecule has 7 heteroatoms. The lowest BCUT2D eigenvalue weighted by Crippen LogP contribution is -2.34. The number of rotatable bonds is 8. The van der Waals surface area contributed by atoms with Crippen LogP contribution in [0.3, 0.4) is 0 Å². The van der Waals surface area contributed by atoms with Crippen molar-refractivity contribution in [2.75, 3.05) is 31.7 Å². The van der Waals surface area contributed by atoms with Crippen LogP contribution in [0, 0.1) is 0 Å². The Kier molecular flexibility index (Phi) is 5.93. The van der Waals surface area contributed by atoms with Crippen molar-refractivity contribution in [3.8, 4) is 5.75 Å². The molecule has 0 fully saturated rings. The third-order valence-corrected chi connectivity index (χ3v) is 5.08. The number of aliphatic hydroxyl groups is 1. The molecular weight excluding hydrogens is 364 g/mol. The van der Waals surface area contributed by atoms with Crippen LogP contribution in [0.25, 0.3) is 5.57 Å². The molecule has 2 amide bonds. The van der Waals surface area contributed by atoms with E-state index in [9.17, 15) is 14.7 Å². The highest BCUT2D eigenvalue weighted by Crippen LogP contribution is 2.36. The number of aliphatic hydroxyl groups excluding tert-OH is 1. The van der Waals surface area contributed by atoms with Gasteiger partial charge in [0.05, 0.1) is 24.5 Å². The van der Waals surface area contributed by atoms with Gasteiger partial charge in [0.1, 0.15) is 11.4 Å². The van der Waals surface area contributed by atoms with Crippen LogP contribution in [0.2, 0.25) is 0 Å². The standard InChI is InChI=1S/C20H22N2O4S/c1-3-11-26-15-7-4-6-14(13-15)22-19(24)17(16-8-5-12-27-16)18(20(22)25)21(2)9-10-23/h4-8,12-13,23H,3,9-11H2,1-2H3. The van der Waals surface area contributed by atoms with Gasteiger partial charge < -0.3 is 14.7 Å². The molecule has 0 atom stereocenters. The quantitative estimate of drug-likeness (QED) is 0.707. The predicted octanol–water partition coefficient (Wildman–Crippen LogP) is 2.75. The Morgan fingerprint density at radius 2 is 2.00 bits per heavy atom. The molecule has 1 aromatic carbocycles. The fraction of sp³-hybridized carbons (Fsp3) is 0.300. The number of benzene rings is 1. The lowest BCUT2D eigenvalue weighted by Gasteiger charge is -2.20. The number of likely N-dealkylation sites (N-methyl/N-ethyl adjacent to an activating group) is 1. The van der Waals surface area contributed by atoms with Crippen LogP contribution in [0.4, 0.5) is 5.69 Å². The van der Waals surface area contributed by atoms with E-state index in [0.29, 0.717) is 29.3 Å². The third kappa shape index (κ3) is 3.74. The Labute approximate surface area is 162 Å². The average Bonchev–Trinajstić information content (AvgIpc) is 3.26. The molecule has 0 bridgehead atoms. The lowest BCUT2D eigenvalue weighted by atomic mass is 10.2. The molecule has 0 saturated heterocycles. The Morgan fingerprint density at radius 3 is 2.67 bits per heavy atom. The minimum Gasteiger partial charge on any atom is -0.494 e. The van der Waals surface area contributed by atoms with E-state index >= 15 is 0 Å². The van der Waals surface area contributed by atoms with Crippen LogP contribution in [0.1, 0.15) is 18.2 Å². The van der Waals surface area contributed by atoms with E-state index in [4.69, 9.17) is 4.74 Å². The number of hydrogen-bond acceptors (Lipinski definition) is 6. The molecule has 0 aliphatic carbocycles. The highest BCUT2D eigenvalue weighted by atomic mass is 32.1. The maximum absolute atomic E-state index is 13.2. The first-order valence-electron chi connectivity index (χ1n) is 8.80. The second-order valence-corrected chi connectivity index (χ2v) is 7.09. The van der Waals surface area contributed by atoms with Gasteiger partial charge in [0.15, 0.2) is 0 Å². The number of nitrogens with zero attached hydrogens (tertiary/aromatic N) is 2. The molecule has 1 aromatic heterocycles. The first kappa shape index (κ1) is 19.1. The summed E-state index contributed by atoms with van der Waals surface area (Å²) in [4.78, 5) is 29.9. The average molecular weight is 386 g/mol. The fourth-order valence-corrected chi connectivity index (χ4v) is 3.71. The minimum atomic E-state index is -0.396. The van der Waals surface area contributed by atoms with Crippen molar-refractivity contribution in [1.29, 1.82) is 0 Å². The van der Waals surface area contributed by atoms with Crippen LogP contribution in [0.5, 0.6) is 5.75 Å². The van der Waals surface area contributed by atoms with E-state index < -0.39 is 5.91 Å². The number of carbonyl (C=O) groups is 2. The molecular formula is C20H22N2O4S. The molecule has 2 heterocycles. The SMILES string of the molecule is CCCOc1cccc(N2C(=O)C(c3cccs3)=C(N(C)CCO)C2=O)c1. The largest absolute Gasteiger partial charge is 0.494 e. The molecule has 0 spiro atoms. The van der Waals surface area contributed by atoms with Crippen LogP contribution in [-0.2, 0) is 9.59 Å². The number of thiophene rings is 1. The molecule has 0 radical (unpaired) electrons. The molecule has 2 aromatic rings. The zero-order valence-electron chi connectivity index (χ0n) is 15.3. The van der Waals surface area contributed by atoms with Gasteiger partial charge in [-0.15, -0.1) is 11.3 Å². The first-order valence-corrected chi connectivity index (χ1v) is 9.68. The summed E-state index contributed by atoms with van der Waals surface area (Å²) in [6.07, 6.45) is 0.867. The summed E-state index contributed by atoms with van der Waals surface area (Å²) in [5.41, 5.74) is 1.14. The number of anilines is 1. The van der Waals surface area contributed by atoms with Gasteiger partial charge in [0.2, 0.25) is 0 Å². The van der Waals surface area contributed by atoms with Crippen molar-refractivity contribution >= 4 is 34.4 Å². The summed E-state index contributed by atoms with van der Waals surface area (Å²) in [6.45, 7) is 2.72. The summed E-state index contributed by atoms with van der Waals surface area (Å²) in [7, 11) is 1.70. The van der Waals surface area contributed by atoms with Gasteiger partial charge in [-0.1, -0.05) is 19.1 Å². The molecule has 1 N–H and O–H groups in total. The summed E-state index contributed by atoms with van der Waals surface area (Å²) < 4.78 is 5.63. The zero-order valence-corrected chi connectivity index (χ0v) is 16.2. The maximum Gasteiger partial charge on any atom is 0.282 e. The predicted molar refractivity (Wildman–Crippen MR) is 106 cm³/mol. The van der Waals surface area contributed by atoms with Gasteiger partial charge >= 0.3 is 0 Å². The molecule has 0 saturated carbocycles. The maximum atomic E-state index is 13.2. The summed E-state index contributed by atoms with van der Waals surface area (Å²) in [6, 6.07) is 10.7. The highest BCUT2D eigenvalue weighted by molar-refractivity contribution is 7.11.